The molecular formula is C16H19N7O2S. The van der Waals surface area contributed by atoms with Crippen LogP contribution in [-0.4, -0.2) is 30.5 Å². The average molecular weight is 373 g/mol. The Bertz CT molecular complexity index is 961. The fourth-order valence-corrected chi connectivity index (χ4v) is 3.15. The van der Waals surface area contributed by atoms with Crippen molar-refractivity contribution in [2.24, 2.45) is 0 Å². The van der Waals surface area contributed by atoms with Crippen LogP contribution >= 0.6 is 11.3 Å². The van der Waals surface area contributed by atoms with Crippen LogP contribution in [-0.2, 0) is 17.9 Å². The lowest BCUT2D eigenvalue weighted by atomic mass is 10.2. The van der Waals surface area contributed by atoms with Gasteiger partial charge in [0, 0.05) is 12.1 Å². The SMILES string of the molecule is CCn1c(-c2ccccc2)nn(CC(=O)N[C@@H](C)c2nnc(N)s2)c1=O. The highest BCUT2D eigenvalue weighted by Gasteiger charge is 2.18. The van der Waals surface area contributed by atoms with Crippen molar-refractivity contribution < 1.29 is 4.79 Å². The molecule has 0 bridgehead atoms. The van der Waals surface area contributed by atoms with Crippen molar-refractivity contribution in [2.45, 2.75) is 33.0 Å². The van der Waals surface area contributed by atoms with Gasteiger partial charge in [-0.05, 0) is 13.8 Å². The van der Waals surface area contributed by atoms with Gasteiger partial charge in [-0.2, -0.15) is 0 Å². The summed E-state index contributed by atoms with van der Waals surface area (Å²) in [5.41, 5.74) is 6.05. The number of nitrogens with one attached hydrogen (secondary N) is 1. The zero-order valence-electron chi connectivity index (χ0n) is 14.4. The molecule has 9 nitrogen and oxygen atoms in total. The van der Waals surface area contributed by atoms with Crippen molar-refractivity contribution in [3.63, 3.8) is 0 Å². The Balaban J connectivity index is 1.78. The van der Waals surface area contributed by atoms with Crippen LogP contribution in [0.2, 0.25) is 0 Å². The number of carbonyl (C=O) groups is 1. The lowest BCUT2D eigenvalue weighted by Gasteiger charge is -2.10. The number of nitrogens with zero attached hydrogens (tertiary/aromatic N) is 5. The Hall–Kier alpha value is -3.01. The van der Waals surface area contributed by atoms with Crippen LogP contribution in [0.25, 0.3) is 11.4 Å². The van der Waals surface area contributed by atoms with Crippen LogP contribution in [0.1, 0.15) is 24.9 Å². The Morgan fingerprint density at radius 1 is 1.31 bits per heavy atom. The van der Waals surface area contributed by atoms with E-state index in [1.54, 1.807) is 6.92 Å². The van der Waals surface area contributed by atoms with Gasteiger partial charge < -0.3 is 11.1 Å². The topological polar surface area (TPSA) is 121 Å². The number of carbonyl (C=O) groups excluding carboxylic acids is 1. The van der Waals surface area contributed by atoms with Crippen LogP contribution in [0.5, 0.6) is 0 Å². The van der Waals surface area contributed by atoms with Crippen molar-refractivity contribution >= 4 is 22.4 Å². The van der Waals surface area contributed by atoms with Crippen molar-refractivity contribution in [2.75, 3.05) is 5.73 Å². The summed E-state index contributed by atoms with van der Waals surface area (Å²) in [6, 6.07) is 9.04. The zero-order chi connectivity index (χ0) is 18.7. The van der Waals surface area contributed by atoms with Gasteiger partial charge in [-0.15, -0.1) is 15.3 Å². The van der Waals surface area contributed by atoms with Crippen molar-refractivity contribution in [3.8, 4) is 11.4 Å². The molecule has 0 aliphatic rings. The molecule has 3 N–H and O–H groups in total. The number of hydrogen-bond acceptors (Lipinski definition) is 7. The quantitative estimate of drug-likeness (QED) is 0.666. The van der Waals surface area contributed by atoms with Crippen molar-refractivity contribution in [1.82, 2.24) is 29.9 Å². The van der Waals surface area contributed by atoms with E-state index in [1.807, 2.05) is 37.3 Å². The van der Waals surface area contributed by atoms with Gasteiger partial charge in [-0.1, -0.05) is 41.7 Å². The highest BCUT2D eigenvalue weighted by atomic mass is 32.1. The highest BCUT2D eigenvalue weighted by Crippen LogP contribution is 2.19. The molecule has 0 spiro atoms. The minimum absolute atomic E-state index is 0.176. The zero-order valence-corrected chi connectivity index (χ0v) is 15.2. The Morgan fingerprint density at radius 3 is 2.65 bits per heavy atom. The van der Waals surface area contributed by atoms with Crippen molar-refractivity contribution in [1.29, 1.82) is 0 Å². The molecule has 3 aromatic rings. The van der Waals surface area contributed by atoms with Gasteiger partial charge >= 0.3 is 5.69 Å². The number of rotatable bonds is 6. The second-order valence-corrected chi connectivity index (χ2v) is 6.68. The predicted molar refractivity (Wildman–Crippen MR) is 98.5 cm³/mol. The standard InChI is InChI=1S/C16H19N7O2S/c1-3-22-13(11-7-5-4-6-8-11)21-23(16(22)25)9-12(24)18-10(2)14-19-20-15(17)26-14/h4-8,10H,3,9H2,1-2H3,(H2,17,20)(H,18,24)/t10-/m0/s1. The molecule has 0 saturated carbocycles. The summed E-state index contributed by atoms with van der Waals surface area (Å²) in [5.74, 6) is 0.199. The first-order valence-corrected chi connectivity index (χ1v) is 8.92. The molecule has 0 unspecified atom stereocenters. The van der Waals surface area contributed by atoms with Gasteiger partial charge in [0.15, 0.2) is 5.82 Å². The number of nitrogen functional groups attached to an aromatic ring is 1. The van der Waals surface area contributed by atoms with Gasteiger partial charge in [0.2, 0.25) is 11.0 Å². The van der Waals surface area contributed by atoms with Crippen molar-refractivity contribution in [3.05, 3.63) is 45.8 Å². The van der Waals surface area contributed by atoms with E-state index in [0.29, 0.717) is 22.5 Å². The molecule has 0 radical (unpaired) electrons. The monoisotopic (exact) mass is 373 g/mol. The summed E-state index contributed by atoms with van der Waals surface area (Å²) in [6.45, 7) is 3.93. The Morgan fingerprint density at radius 2 is 2.04 bits per heavy atom. The molecule has 26 heavy (non-hydrogen) atoms. The smallest absolute Gasteiger partial charge is 0.346 e. The molecule has 1 amide bonds. The Labute approximate surface area is 153 Å². The molecule has 2 heterocycles. The van der Waals surface area contributed by atoms with Crippen LogP contribution in [0.15, 0.2) is 35.1 Å². The lowest BCUT2D eigenvalue weighted by Crippen LogP contribution is -2.34. The molecular weight excluding hydrogens is 354 g/mol. The first kappa shape index (κ1) is 17.8. The third kappa shape index (κ3) is 3.64. The number of anilines is 1. The maximum absolute atomic E-state index is 12.5. The Kier molecular flexibility index (Phi) is 5.12. The summed E-state index contributed by atoms with van der Waals surface area (Å²) >= 11 is 1.21. The van der Waals surface area contributed by atoms with E-state index in [0.717, 1.165) is 5.56 Å². The maximum Gasteiger partial charge on any atom is 0.346 e. The molecule has 1 atom stereocenters. The number of aromatic nitrogens is 5. The van der Waals surface area contributed by atoms with Crippen LogP contribution in [0.4, 0.5) is 5.13 Å². The average Bonchev–Trinajstić information content (AvgIpc) is 3.19. The van der Waals surface area contributed by atoms with E-state index in [-0.39, 0.29) is 24.2 Å². The fraction of sp³-hybridized carbons (Fsp3) is 0.312. The number of nitrogens with two attached hydrogens (primary N) is 1. The summed E-state index contributed by atoms with van der Waals surface area (Å²) in [4.78, 5) is 24.8. The molecule has 0 aliphatic carbocycles. The van der Waals surface area contributed by atoms with Gasteiger partial charge in [-0.25, -0.2) is 9.48 Å². The number of benzene rings is 1. The summed E-state index contributed by atoms with van der Waals surface area (Å²) in [5, 5.41) is 15.7. The minimum Gasteiger partial charge on any atom is -0.374 e. The number of hydrogen-bond donors (Lipinski definition) is 2. The van der Waals surface area contributed by atoms with Crippen LogP contribution < -0.4 is 16.7 Å². The molecule has 2 aromatic heterocycles. The first-order valence-electron chi connectivity index (χ1n) is 8.11. The van der Waals surface area contributed by atoms with Crippen LogP contribution in [0, 0.1) is 0 Å². The second kappa shape index (κ2) is 7.48. The van der Waals surface area contributed by atoms with Gasteiger partial charge in [-0.3, -0.25) is 9.36 Å². The molecule has 0 fully saturated rings. The summed E-state index contributed by atoms with van der Waals surface area (Å²) in [7, 11) is 0. The van der Waals surface area contributed by atoms with E-state index in [9.17, 15) is 9.59 Å². The molecule has 136 valence electrons. The number of amides is 1. The summed E-state index contributed by atoms with van der Waals surface area (Å²) < 4.78 is 2.71. The lowest BCUT2D eigenvalue weighted by molar-refractivity contribution is -0.122. The molecule has 0 saturated heterocycles. The van der Waals surface area contributed by atoms with Gasteiger partial charge in [0.05, 0.1) is 6.04 Å². The molecule has 10 heteroatoms. The van der Waals surface area contributed by atoms with Crippen LogP contribution in [0.3, 0.4) is 0 Å². The van der Waals surface area contributed by atoms with Gasteiger partial charge in [0.1, 0.15) is 11.6 Å². The van der Waals surface area contributed by atoms with Gasteiger partial charge in [0.25, 0.3) is 0 Å². The first-order chi connectivity index (χ1) is 12.5. The summed E-state index contributed by atoms with van der Waals surface area (Å²) in [6.07, 6.45) is 0. The van der Waals surface area contributed by atoms with E-state index in [4.69, 9.17) is 5.73 Å². The second-order valence-electron chi connectivity index (χ2n) is 5.64. The largest absolute Gasteiger partial charge is 0.374 e. The van der Waals surface area contributed by atoms with E-state index >= 15 is 0 Å². The molecule has 0 aliphatic heterocycles. The normalized spacial score (nSPS) is 12.1. The third-order valence-electron chi connectivity index (χ3n) is 3.77. The van der Waals surface area contributed by atoms with E-state index in [2.05, 4.69) is 20.6 Å². The molecule has 1 aromatic carbocycles. The predicted octanol–water partition coefficient (Wildman–Crippen LogP) is 1.04. The molecule has 3 rings (SSSR count). The maximum atomic E-state index is 12.5. The minimum atomic E-state index is -0.352. The highest BCUT2D eigenvalue weighted by molar-refractivity contribution is 7.15. The van der Waals surface area contributed by atoms with E-state index < -0.39 is 0 Å². The fourth-order valence-electron chi connectivity index (χ4n) is 2.54. The third-order valence-corrected chi connectivity index (χ3v) is 4.70. The van der Waals surface area contributed by atoms with E-state index in [1.165, 1.54) is 20.6 Å².